The number of benzene rings is 1. The molecule has 0 fully saturated rings. The number of ether oxygens (including phenoxy) is 1. The number of aryl methyl sites for hydroxylation is 1. The van der Waals surface area contributed by atoms with Gasteiger partial charge in [0.1, 0.15) is 17.7 Å². The van der Waals surface area contributed by atoms with Gasteiger partial charge in [-0.3, -0.25) is 0 Å². The van der Waals surface area contributed by atoms with Crippen LogP contribution < -0.4 is 10.1 Å². The smallest absolute Gasteiger partial charge is 0.226 e. The van der Waals surface area contributed by atoms with Gasteiger partial charge in [0.2, 0.25) is 11.8 Å². The monoisotopic (exact) mass is 313 g/mol. The largest absolute Gasteiger partial charge is 0.481 e. The summed E-state index contributed by atoms with van der Waals surface area (Å²) < 4.78 is 20.6. The Balaban J connectivity index is 2.00. The highest BCUT2D eigenvalue weighted by Crippen LogP contribution is 2.25. The molecule has 0 radical (unpaired) electrons. The third-order valence-corrected chi connectivity index (χ3v) is 3.41. The molecule has 6 nitrogen and oxygen atoms in total. The fraction of sp³-hybridized carbons (Fsp3) is 0.188. The van der Waals surface area contributed by atoms with Crippen molar-refractivity contribution in [1.82, 2.24) is 19.5 Å². The van der Waals surface area contributed by atoms with Gasteiger partial charge in [0, 0.05) is 31.7 Å². The zero-order valence-electron chi connectivity index (χ0n) is 12.8. The Hall–Kier alpha value is -2.96. The average molecular weight is 313 g/mol. The Morgan fingerprint density at radius 1 is 1.22 bits per heavy atom. The van der Waals surface area contributed by atoms with Gasteiger partial charge in [0.05, 0.1) is 7.11 Å². The van der Waals surface area contributed by atoms with Crippen LogP contribution in [0.1, 0.15) is 17.4 Å². The molecular formula is C16H16FN5O. The van der Waals surface area contributed by atoms with Crippen molar-refractivity contribution in [3.05, 3.63) is 66.1 Å². The molecule has 1 N–H and O–H groups in total. The van der Waals surface area contributed by atoms with E-state index in [1.54, 1.807) is 24.5 Å². The molecule has 23 heavy (non-hydrogen) atoms. The van der Waals surface area contributed by atoms with Gasteiger partial charge in [-0.05, 0) is 17.7 Å². The van der Waals surface area contributed by atoms with Crippen molar-refractivity contribution in [1.29, 1.82) is 0 Å². The molecular weight excluding hydrogens is 297 g/mol. The molecule has 2 aromatic heterocycles. The van der Waals surface area contributed by atoms with Crippen molar-refractivity contribution in [2.24, 2.45) is 7.05 Å². The van der Waals surface area contributed by atoms with E-state index in [0.29, 0.717) is 11.8 Å². The quantitative estimate of drug-likeness (QED) is 0.784. The number of aromatic nitrogens is 4. The average Bonchev–Trinajstić information content (AvgIpc) is 2.98. The summed E-state index contributed by atoms with van der Waals surface area (Å²) in [5, 5.41) is 3.19. The van der Waals surface area contributed by atoms with E-state index in [4.69, 9.17) is 4.74 Å². The molecule has 2 heterocycles. The molecule has 7 heteroatoms. The first kappa shape index (κ1) is 15.0. The molecule has 0 bridgehead atoms. The summed E-state index contributed by atoms with van der Waals surface area (Å²) >= 11 is 0. The molecule has 3 rings (SSSR count). The Labute approximate surface area is 133 Å². The van der Waals surface area contributed by atoms with Crippen molar-refractivity contribution in [3.63, 3.8) is 0 Å². The minimum absolute atomic E-state index is 0.310. The summed E-state index contributed by atoms with van der Waals surface area (Å²) in [6, 6.07) is 7.62. The van der Waals surface area contributed by atoms with Gasteiger partial charge in [-0.2, -0.15) is 4.98 Å². The number of nitrogens with zero attached hydrogens (tertiary/aromatic N) is 4. The second kappa shape index (κ2) is 6.43. The lowest BCUT2D eigenvalue weighted by molar-refractivity contribution is 0.397. The molecule has 1 aromatic carbocycles. The molecule has 1 atom stereocenters. The van der Waals surface area contributed by atoms with Crippen LogP contribution >= 0.6 is 0 Å². The molecule has 0 aliphatic carbocycles. The minimum atomic E-state index is -0.391. The van der Waals surface area contributed by atoms with E-state index >= 15 is 0 Å². The van der Waals surface area contributed by atoms with E-state index in [1.807, 2.05) is 23.9 Å². The van der Waals surface area contributed by atoms with Crippen LogP contribution in [0.3, 0.4) is 0 Å². The van der Waals surface area contributed by atoms with Crippen molar-refractivity contribution in [2.75, 3.05) is 12.4 Å². The Kier molecular flexibility index (Phi) is 4.18. The summed E-state index contributed by atoms with van der Waals surface area (Å²) in [6.07, 6.45) is 5.11. The number of imidazole rings is 1. The fourth-order valence-electron chi connectivity index (χ4n) is 2.29. The summed E-state index contributed by atoms with van der Waals surface area (Å²) in [6.45, 7) is 0. The van der Waals surface area contributed by atoms with Gasteiger partial charge in [-0.15, -0.1) is 0 Å². The third kappa shape index (κ3) is 3.28. The highest BCUT2D eigenvalue weighted by Gasteiger charge is 2.20. The van der Waals surface area contributed by atoms with Crippen molar-refractivity contribution >= 4 is 5.95 Å². The first-order valence-electron chi connectivity index (χ1n) is 7.03. The summed E-state index contributed by atoms with van der Waals surface area (Å²) in [5.41, 5.74) is 0.728. The number of hydrogen-bond acceptors (Lipinski definition) is 5. The minimum Gasteiger partial charge on any atom is -0.481 e. The van der Waals surface area contributed by atoms with Crippen LogP contribution in [-0.4, -0.2) is 26.6 Å². The number of halogens is 1. The van der Waals surface area contributed by atoms with Crippen molar-refractivity contribution < 1.29 is 9.13 Å². The molecule has 0 unspecified atom stereocenters. The number of methoxy groups -OCH3 is 1. The van der Waals surface area contributed by atoms with Gasteiger partial charge in [-0.1, -0.05) is 12.1 Å². The van der Waals surface area contributed by atoms with Gasteiger partial charge in [-0.25, -0.2) is 14.4 Å². The Morgan fingerprint density at radius 2 is 2.09 bits per heavy atom. The molecule has 118 valence electrons. The van der Waals surface area contributed by atoms with Crippen LogP contribution in [0.4, 0.5) is 10.3 Å². The first-order chi connectivity index (χ1) is 11.2. The first-order valence-corrected chi connectivity index (χ1v) is 7.03. The highest BCUT2D eigenvalue weighted by atomic mass is 19.1. The second-order valence-electron chi connectivity index (χ2n) is 4.95. The highest BCUT2D eigenvalue weighted by molar-refractivity contribution is 5.38. The maximum absolute atomic E-state index is 13.6. The van der Waals surface area contributed by atoms with Crippen LogP contribution in [0.25, 0.3) is 0 Å². The van der Waals surface area contributed by atoms with Crippen LogP contribution in [0.2, 0.25) is 0 Å². The van der Waals surface area contributed by atoms with E-state index in [2.05, 4.69) is 20.3 Å². The fourth-order valence-corrected chi connectivity index (χ4v) is 2.29. The maximum atomic E-state index is 13.6. The molecule has 0 saturated heterocycles. The summed E-state index contributed by atoms with van der Waals surface area (Å²) in [5.74, 6) is 1.24. The lowest BCUT2D eigenvalue weighted by Crippen LogP contribution is -2.18. The maximum Gasteiger partial charge on any atom is 0.226 e. The molecule has 3 aromatic rings. The second-order valence-corrected chi connectivity index (χ2v) is 4.95. The third-order valence-electron chi connectivity index (χ3n) is 3.41. The lowest BCUT2D eigenvalue weighted by atomic mass is 10.1. The van der Waals surface area contributed by atoms with Gasteiger partial charge in [0.25, 0.3) is 0 Å². The van der Waals surface area contributed by atoms with Crippen molar-refractivity contribution in [3.8, 4) is 5.88 Å². The summed E-state index contributed by atoms with van der Waals surface area (Å²) in [7, 11) is 3.41. The van der Waals surface area contributed by atoms with E-state index < -0.39 is 6.04 Å². The van der Waals surface area contributed by atoms with Gasteiger partial charge in [0.15, 0.2) is 0 Å². The standard InChI is InChI=1S/C16H16FN5O/c1-22-9-8-18-15(22)14(11-4-3-5-12(17)10-11)21-16-19-7-6-13(20-16)23-2/h3-10,14H,1-2H3,(H,19,20,21)/t14-/m1/s1. The van der Waals surface area contributed by atoms with E-state index in [1.165, 1.54) is 19.2 Å². The molecule has 0 saturated carbocycles. The normalized spacial score (nSPS) is 12.0. The van der Waals surface area contributed by atoms with Crippen LogP contribution in [0.15, 0.2) is 48.9 Å². The zero-order valence-corrected chi connectivity index (χ0v) is 12.8. The zero-order chi connectivity index (χ0) is 16.2. The van der Waals surface area contributed by atoms with Crippen LogP contribution in [0, 0.1) is 5.82 Å². The lowest BCUT2D eigenvalue weighted by Gasteiger charge is -2.19. The molecule has 0 aliphatic rings. The number of hydrogen-bond donors (Lipinski definition) is 1. The predicted molar refractivity (Wildman–Crippen MR) is 83.7 cm³/mol. The van der Waals surface area contributed by atoms with E-state index in [0.717, 1.165) is 11.4 Å². The number of nitrogens with one attached hydrogen (secondary N) is 1. The SMILES string of the molecule is COc1ccnc(N[C@H](c2cccc(F)c2)c2nccn2C)n1. The van der Waals surface area contributed by atoms with E-state index in [9.17, 15) is 4.39 Å². The number of rotatable bonds is 5. The Bertz CT molecular complexity index is 804. The van der Waals surface area contributed by atoms with Crippen molar-refractivity contribution in [2.45, 2.75) is 6.04 Å². The summed E-state index contributed by atoms with van der Waals surface area (Å²) in [4.78, 5) is 12.8. The predicted octanol–water partition coefficient (Wildman–Crippen LogP) is 2.56. The van der Waals surface area contributed by atoms with Gasteiger partial charge >= 0.3 is 0 Å². The molecule has 0 spiro atoms. The van der Waals surface area contributed by atoms with Crippen LogP contribution in [0.5, 0.6) is 5.88 Å². The topological polar surface area (TPSA) is 64.9 Å². The molecule has 0 aliphatic heterocycles. The number of anilines is 1. The van der Waals surface area contributed by atoms with Gasteiger partial charge < -0.3 is 14.6 Å². The van der Waals surface area contributed by atoms with Crippen LogP contribution in [-0.2, 0) is 7.05 Å². The molecule has 0 amide bonds. The Morgan fingerprint density at radius 3 is 2.78 bits per heavy atom. The van der Waals surface area contributed by atoms with E-state index in [-0.39, 0.29) is 5.82 Å².